The van der Waals surface area contributed by atoms with Gasteiger partial charge in [0.05, 0.1) is 21.0 Å². The van der Waals surface area contributed by atoms with Gasteiger partial charge in [0.15, 0.2) is 0 Å². The van der Waals surface area contributed by atoms with Gasteiger partial charge < -0.3 is 10.3 Å². The Balaban J connectivity index is 2.61. The molecule has 0 aliphatic heterocycles. The van der Waals surface area contributed by atoms with Crippen LogP contribution in [0.15, 0.2) is 16.6 Å². The third kappa shape index (κ3) is 1.85. The smallest absolute Gasteiger partial charge is 0.139 e. The van der Waals surface area contributed by atoms with E-state index >= 15 is 0 Å². The lowest BCUT2D eigenvalue weighted by atomic mass is 10.1. The monoisotopic (exact) mass is 285 g/mol. The first-order valence-corrected chi connectivity index (χ1v) is 5.77. The first-order valence-electron chi connectivity index (χ1n) is 4.98. The maximum atomic E-state index is 13.3. The molecule has 0 saturated carbocycles. The number of hydrogen-bond donors (Lipinski definition) is 2. The maximum absolute atomic E-state index is 13.3. The number of imidazole rings is 1. The van der Waals surface area contributed by atoms with E-state index in [9.17, 15) is 4.39 Å². The van der Waals surface area contributed by atoms with E-state index in [1.807, 2.05) is 20.9 Å². The highest BCUT2D eigenvalue weighted by atomic mass is 79.9. The normalized spacial score (nSPS) is 12.3. The van der Waals surface area contributed by atoms with Crippen LogP contribution >= 0.6 is 15.9 Å². The Morgan fingerprint density at radius 3 is 2.75 bits per heavy atom. The summed E-state index contributed by atoms with van der Waals surface area (Å²) >= 11 is 3.15. The standard InChI is InChI=1S/C11H13BrFN3/c1-11(2,14-3)10-15-8-4-6(12)7(13)5-9(8)16-10/h4-5,14H,1-3H3,(H,15,16). The summed E-state index contributed by atoms with van der Waals surface area (Å²) in [5.41, 5.74) is 1.20. The number of H-pyrrole nitrogens is 1. The highest BCUT2D eigenvalue weighted by Crippen LogP contribution is 2.25. The summed E-state index contributed by atoms with van der Waals surface area (Å²) in [4.78, 5) is 7.56. The zero-order valence-electron chi connectivity index (χ0n) is 9.36. The topological polar surface area (TPSA) is 40.7 Å². The summed E-state index contributed by atoms with van der Waals surface area (Å²) in [5.74, 6) is 0.507. The number of aromatic amines is 1. The third-order valence-corrected chi connectivity index (χ3v) is 3.35. The van der Waals surface area contributed by atoms with Crippen molar-refractivity contribution in [3.63, 3.8) is 0 Å². The molecule has 1 aromatic heterocycles. The van der Waals surface area contributed by atoms with Crippen LogP contribution in [0.5, 0.6) is 0 Å². The van der Waals surface area contributed by atoms with Gasteiger partial charge in [-0.25, -0.2) is 9.37 Å². The van der Waals surface area contributed by atoms with Crippen molar-refractivity contribution in [3.05, 3.63) is 28.2 Å². The van der Waals surface area contributed by atoms with Gasteiger partial charge in [0.25, 0.3) is 0 Å². The minimum absolute atomic E-state index is 0.262. The summed E-state index contributed by atoms with van der Waals surface area (Å²) in [6.07, 6.45) is 0. The van der Waals surface area contributed by atoms with Crippen LogP contribution in [-0.2, 0) is 5.54 Å². The Labute approximate surface area is 102 Å². The molecular formula is C11H13BrFN3. The molecule has 2 aromatic rings. The quantitative estimate of drug-likeness (QED) is 0.891. The molecule has 0 atom stereocenters. The predicted octanol–water partition coefficient (Wildman–Crippen LogP) is 2.92. The fraction of sp³-hybridized carbons (Fsp3) is 0.364. The van der Waals surface area contributed by atoms with Crippen LogP contribution in [0.3, 0.4) is 0 Å². The summed E-state index contributed by atoms with van der Waals surface area (Å²) < 4.78 is 13.8. The third-order valence-electron chi connectivity index (χ3n) is 2.74. The molecule has 0 unspecified atom stereocenters. The second kappa shape index (κ2) is 3.82. The molecule has 16 heavy (non-hydrogen) atoms. The van der Waals surface area contributed by atoms with Crippen LogP contribution in [-0.4, -0.2) is 17.0 Å². The van der Waals surface area contributed by atoms with Gasteiger partial charge in [0.1, 0.15) is 11.6 Å². The van der Waals surface area contributed by atoms with E-state index < -0.39 is 0 Å². The molecule has 0 aliphatic rings. The second-order valence-electron chi connectivity index (χ2n) is 4.24. The number of benzene rings is 1. The Hall–Kier alpha value is -0.940. The van der Waals surface area contributed by atoms with E-state index in [2.05, 4.69) is 31.2 Å². The molecule has 0 fully saturated rings. The first-order chi connectivity index (χ1) is 7.44. The van der Waals surface area contributed by atoms with Crippen LogP contribution in [0.1, 0.15) is 19.7 Å². The van der Waals surface area contributed by atoms with Crippen LogP contribution in [0.4, 0.5) is 4.39 Å². The lowest BCUT2D eigenvalue weighted by molar-refractivity contribution is 0.422. The van der Waals surface area contributed by atoms with E-state index in [0.29, 0.717) is 9.99 Å². The molecule has 5 heteroatoms. The van der Waals surface area contributed by atoms with Crippen molar-refractivity contribution in [3.8, 4) is 0 Å². The molecule has 2 rings (SSSR count). The van der Waals surface area contributed by atoms with Crippen LogP contribution in [0.2, 0.25) is 0 Å². The average Bonchev–Trinajstić information content (AvgIpc) is 2.62. The number of hydrogen-bond acceptors (Lipinski definition) is 2. The molecule has 1 heterocycles. The molecule has 0 radical (unpaired) electrons. The fourth-order valence-electron chi connectivity index (χ4n) is 1.42. The van der Waals surface area contributed by atoms with Crippen LogP contribution in [0.25, 0.3) is 11.0 Å². The van der Waals surface area contributed by atoms with Crippen molar-refractivity contribution >= 4 is 27.0 Å². The molecule has 3 nitrogen and oxygen atoms in total. The first kappa shape index (κ1) is 11.5. The van der Waals surface area contributed by atoms with Crippen LogP contribution in [0, 0.1) is 5.82 Å². The van der Waals surface area contributed by atoms with E-state index in [4.69, 9.17) is 0 Å². The SMILES string of the molecule is CNC(C)(C)c1nc2cc(Br)c(F)cc2[nH]1. The van der Waals surface area contributed by atoms with Gasteiger partial charge in [-0.15, -0.1) is 0 Å². The Kier molecular flexibility index (Phi) is 2.75. The van der Waals surface area contributed by atoms with Crippen molar-refractivity contribution in [1.82, 2.24) is 15.3 Å². The number of nitrogens with zero attached hydrogens (tertiary/aromatic N) is 1. The number of aromatic nitrogens is 2. The highest BCUT2D eigenvalue weighted by molar-refractivity contribution is 9.10. The minimum atomic E-state index is -0.287. The molecule has 1 aromatic carbocycles. The van der Waals surface area contributed by atoms with E-state index in [1.165, 1.54) is 6.07 Å². The summed E-state index contributed by atoms with van der Waals surface area (Å²) in [5, 5.41) is 3.15. The molecule has 0 saturated heterocycles. The lowest BCUT2D eigenvalue weighted by Gasteiger charge is -2.20. The zero-order chi connectivity index (χ0) is 11.9. The Morgan fingerprint density at radius 2 is 2.12 bits per heavy atom. The van der Waals surface area contributed by atoms with E-state index in [-0.39, 0.29) is 11.4 Å². The summed E-state index contributed by atoms with van der Waals surface area (Å²) in [6, 6.07) is 3.12. The van der Waals surface area contributed by atoms with Gasteiger partial charge in [-0.3, -0.25) is 0 Å². The predicted molar refractivity (Wildman–Crippen MR) is 65.8 cm³/mol. The lowest BCUT2D eigenvalue weighted by Crippen LogP contribution is -2.34. The second-order valence-corrected chi connectivity index (χ2v) is 5.10. The molecule has 86 valence electrons. The fourth-order valence-corrected chi connectivity index (χ4v) is 1.75. The van der Waals surface area contributed by atoms with Crippen molar-refractivity contribution in [2.45, 2.75) is 19.4 Å². The van der Waals surface area contributed by atoms with E-state index in [1.54, 1.807) is 6.07 Å². The Bertz CT molecular complexity index is 494. The highest BCUT2D eigenvalue weighted by Gasteiger charge is 2.22. The zero-order valence-corrected chi connectivity index (χ0v) is 10.9. The summed E-state index contributed by atoms with van der Waals surface area (Å²) in [6.45, 7) is 4.02. The minimum Gasteiger partial charge on any atom is -0.340 e. The molecule has 0 amide bonds. The Morgan fingerprint density at radius 1 is 1.44 bits per heavy atom. The number of rotatable bonds is 2. The van der Waals surface area contributed by atoms with Gasteiger partial charge in [0.2, 0.25) is 0 Å². The van der Waals surface area contributed by atoms with Gasteiger partial charge in [0, 0.05) is 6.07 Å². The van der Waals surface area contributed by atoms with Crippen LogP contribution < -0.4 is 5.32 Å². The van der Waals surface area contributed by atoms with Gasteiger partial charge in [-0.05, 0) is 42.9 Å². The van der Waals surface area contributed by atoms with Gasteiger partial charge in [-0.1, -0.05) is 0 Å². The van der Waals surface area contributed by atoms with Gasteiger partial charge in [-0.2, -0.15) is 0 Å². The molecule has 0 bridgehead atoms. The number of fused-ring (bicyclic) bond motifs is 1. The average molecular weight is 286 g/mol. The number of halogens is 2. The van der Waals surface area contributed by atoms with Crippen molar-refractivity contribution in [1.29, 1.82) is 0 Å². The molecular weight excluding hydrogens is 273 g/mol. The maximum Gasteiger partial charge on any atom is 0.139 e. The molecule has 0 spiro atoms. The largest absolute Gasteiger partial charge is 0.340 e. The number of nitrogens with one attached hydrogen (secondary N) is 2. The molecule has 2 N–H and O–H groups in total. The van der Waals surface area contributed by atoms with E-state index in [0.717, 1.165) is 11.3 Å². The van der Waals surface area contributed by atoms with Crippen molar-refractivity contribution in [2.75, 3.05) is 7.05 Å². The van der Waals surface area contributed by atoms with Crippen molar-refractivity contribution < 1.29 is 4.39 Å². The molecule has 0 aliphatic carbocycles. The summed E-state index contributed by atoms with van der Waals surface area (Å²) in [7, 11) is 1.86. The van der Waals surface area contributed by atoms with Crippen molar-refractivity contribution in [2.24, 2.45) is 0 Å². The van der Waals surface area contributed by atoms with Gasteiger partial charge >= 0.3 is 0 Å².